The molecule has 1 amide bonds. The van der Waals surface area contributed by atoms with Gasteiger partial charge in [-0.05, 0) is 62.7 Å². The lowest BCUT2D eigenvalue weighted by Crippen LogP contribution is -2.48. The molecule has 4 rings (SSSR count). The first-order valence-electron chi connectivity index (χ1n) is 10.8. The van der Waals surface area contributed by atoms with Crippen LogP contribution in [0, 0.1) is 11.3 Å². The lowest BCUT2D eigenvalue weighted by molar-refractivity contribution is -0.146. The summed E-state index contributed by atoms with van der Waals surface area (Å²) < 4.78 is 39.3. The van der Waals surface area contributed by atoms with E-state index < -0.39 is 17.2 Å². The summed E-state index contributed by atoms with van der Waals surface area (Å²) in [5.41, 5.74) is 0.0772. The number of pyridine rings is 1. The Morgan fingerprint density at radius 3 is 2.62 bits per heavy atom. The standard InChI is InChI=1S/C22H30F3N3O/c1-15(2)21(7-5-18(12-21)27-8-3-4-9-27)20(29)28-10-6-19-16(14-28)11-17(13-26-19)22(23,24)25/h11,13,15,18H,3-10,12,14H2,1-2H3/t18?,21-/m0/s1. The van der Waals surface area contributed by atoms with Crippen molar-refractivity contribution in [2.45, 2.75) is 71.1 Å². The number of carbonyl (C=O) groups is 1. The number of rotatable bonds is 3. The second kappa shape index (κ2) is 7.56. The van der Waals surface area contributed by atoms with Crippen molar-refractivity contribution in [1.82, 2.24) is 14.8 Å². The molecule has 0 N–H and O–H groups in total. The van der Waals surface area contributed by atoms with Crippen molar-refractivity contribution in [2.75, 3.05) is 19.6 Å². The van der Waals surface area contributed by atoms with Gasteiger partial charge in [-0.25, -0.2) is 0 Å². The van der Waals surface area contributed by atoms with E-state index in [1.807, 2.05) is 0 Å². The molecule has 2 aliphatic heterocycles. The number of alkyl halides is 3. The van der Waals surface area contributed by atoms with Crippen molar-refractivity contribution in [2.24, 2.45) is 11.3 Å². The average molecular weight is 409 g/mol. The molecule has 0 spiro atoms. The third-order valence-corrected chi connectivity index (χ3v) is 7.37. The van der Waals surface area contributed by atoms with Crippen LogP contribution in [-0.2, 0) is 23.9 Å². The molecule has 1 aromatic rings. The summed E-state index contributed by atoms with van der Waals surface area (Å²) in [6, 6.07) is 1.63. The molecule has 3 aliphatic rings. The lowest BCUT2D eigenvalue weighted by Gasteiger charge is -2.40. The van der Waals surface area contributed by atoms with Crippen molar-refractivity contribution < 1.29 is 18.0 Å². The highest BCUT2D eigenvalue weighted by molar-refractivity contribution is 5.83. The van der Waals surface area contributed by atoms with Crippen molar-refractivity contribution in [3.05, 3.63) is 29.1 Å². The fourth-order valence-electron chi connectivity index (χ4n) is 5.50. The zero-order valence-electron chi connectivity index (χ0n) is 17.3. The predicted molar refractivity (Wildman–Crippen MR) is 104 cm³/mol. The van der Waals surface area contributed by atoms with Gasteiger partial charge < -0.3 is 9.80 Å². The van der Waals surface area contributed by atoms with Crippen LogP contribution in [0.1, 0.15) is 62.8 Å². The Hall–Kier alpha value is -1.63. The number of fused-ring (bicyclic) bond motifs is 1. The molecule has 0 aromatic carbocycles. The Labute approximate surface area is 170 Å². The summed E-state index contributed by atoms with van der Waals surface area (Å²) in [5, 5.41) is 0. The minimum atomic E-state index is -4.41. The van der Waals surface area contributed by atoms with Gasteiger partial charge in [0.1, 0.15) is 0 Å². The van der Waals surface area contributed by atoms with Crippen molar-refractivity contribution in [3.8, 4) is 0 Å². The van der Waals surface area contributed by atoms with Crippen LogP contribution in [0.15, 0.2) is 12.3 Å². The van der Waals surface area contributed by atoms with Gasteiger partial charge in [0.05, 0.1) is 11.0 Å². The number of nitrogens with zero attached hydrogens (tertiary/aromatic N) is 3. The lowest BCUT2D eigenvalue weighted by atomic mass is 9.74. The smallest absolute Gasteiger partial charge is 0.337 e. The fraction of sp³-hybridized carbons (Fsp3) is 0.727. The minimum absolute atomic E-state index is 0.122. The summed E-state index contributed by atoms with van der Waals surface area (Å²) >= 11 is 0. The van der Waals surface area contributed by atoms with Gasteiger partial charge >= 0.3 is 6.18 Å². The maximum Gasteiger partial charge on any atom is 0.417 e. The van der Waals surface area contributed by atoms with Crippen LogP contribution in [0.5, 0.6) is 0 Å². The normalized spacial score (nSPS) is 28.2. The molecule has 1 aromatic heterocycles. The van der Waals surface area contributed by atoms with Crippen LogP contribution in [0.4, 0.5) is 13.2 Å². The first kappa shape index (κ1) is 20.6. The van der Waals surface area contributed by atoms with E-state index in [-0.39, 0.29) is 18.4 Å². The van der Waals surface area contributed by atoms with Crippen molar-refractivity contribution in [3.63, 3.8) is 0 Å². The second-order valence-electron chi connectivity index (χ2n) is 9.25. The fourth-order valence-corrected chi connectivity index (χ4v) is 5.50. The Bertz CT molecular complexity index is 773. The van der Waals surface area contributed by atoms with Crippen LogP contribution in [0.25, 0.3) is 0 Å². The zero-order valence-corrected chi connectivity index (χ0v) is 17.3. The molecular weight excluding hydrogens is 379 g/mol. The molecule has 1 unspecified atom stereocenters. The molecule has 1 saturated carbocycles. The summed E-state index contributed by atoms with van der Waals surface area (Å²) in [6.07, 6.45) is 2.25. The van der Waals surface area contributed by atoms with E-state index >= 15 is 0 Å². The number of hydrogen-bond acceptors (Lipinski definition) is 3. The average Bonchev–Trinajstić information content (AvgIpc) is 3.36. The molecule has 2 fully saturated rings. The van der Waals surface area contributed by atoms with E-state index in [0.29, 0.717) is 30.3 Å². The molecule has 160 valence electrons. The first-order chi connectivity index (χ1) is 13.7. The highest BCUT2D eigenvalue weighted by atomic mass is 19.4. The quantitative estimate of drug-likeness (QED) is 0.748. The van der Waals surface area contributed by atoms with Crippen molar-refractivity contribution in [1.29, 1.82) is 0 Å². The Kier molecular flexibility index (Phi) is 5.38. The monoisotopic (exact) mass is 409 g/mol. The molecular formula is C22H30F3N3O. The molecule has 1 saturated heterocycles. The van der Waals surface area contributed by atoms with E-state index in [1.54, 1.807) is 4.90 Å². The zero-order chi connectivity index (χ0) is 20.8. The van der Waals surface area contributed by atoms with Crippen molar-refractivity contribution >= 4 is 5.91 Å². The molecule has 0 bridgehead atoms. The second-order valence-corrected chi connectivity index (χ2v) is 9.25. The van der Waals surface area contributed by atoms with Crippen LogP contribution in [0.3, 0.4) is 0 Å². The highest BCUT2D eigenvalue weighted by Gasteiger charge is 2.50. The van der Waals surface area contributed by atoms with E-state index in [9.17, 15) is 18.0 Å². The SMILES string of the molecule is CC(C)[C@]1(C(=O)N2CCc3ncc(C(F)(F)F)cc3C2)CCC(N2CCCC2)C1. The van der Waals surface area contributed by atoms with Gasteiger partial charge in [-0.2, -0.15) is 13.2 Å². The van der Waals surface area contributed by atoms with E-state index in [0.717, 1.165) is 38.5 Å². The summed E-state index contributed by atoms with van der Waals surface area (Å²) in [4.78, 5) is 22.0. The van der Waals surface area contributed by atoms with E-state index in [2.05, 4.69) is 23.7 Å². The predicted octanol–water partition coefficient (Wildman–Crippen LogP) is 4.28. The third kappa shape index (κ3) is 3.78. The van der Waals surface area contributed by atoms with Gasteiger partial charge in [0.2, 0.25) is 5.91 Å². The number of amides is 1. The molecule has 3 heterocycles. The topological polar surface area (TPSA) is 36.4 Å². The van der Waals surface area contributed by atoms with E-state index in [1.165, 1.54) is 18.9 Å². The molecule has 4 nitrogen and oxygen atoms in total. The van der Waals surface area contributed by atoms with Gasteiger partial charge in [0, 0.05) is 37.4 Å². The van der Waals surface area contributed by atoms with Gasteiger partial charge in [0.15, 0.2) is 0 Å². The van der Waals surface area contributed by atoms with Crippen LogP contribution in [-0.4, -0.2) is 46.4 Å². The number of halogens is 3. The van der Waals surface area contributed by atoms with Gasteiger partial charge in [-0.3, -0.25) is 9.78 Å². The maximum atomic E-state index is 13.7. The van der Waals surface area contributed by atoms with Crippen LogP contribution in [0.2, 0.25) is 0 Å². The maximum absolute atomic E-state index is 13.7. The summed E-state index contributed by atoms with van der Waals surface area (Å²) in [5.74, 6) is 0.334. The van der Waals surface area contributed by atoms with Crippen LogP contribution >= 0.6 is 0 Å². The molecule has 2 atom stereocenters. The molecule has 0 radical (unpaired) electrons. The Balaban J connectivity index is 1.54. The molecule has 7 heteroatoms. The number of likely N-dealkylation sites (tertiary alicyclic amines) is 1. The van der Waals surface area contributed by atoms with Crippen LogP contribution < -0.4 is 0 Å². The Morgan fingerprint density at radius 2 is 1.97 bits per heavy atom. The van der Waals surface area contributed by atoms with Gasteiger partial charge in [-0.15, -0.1) is 0 Å². The minimum Gasteiger partial charge on any atom is -0.337 e. The number of aromatic nitrogens is 1. The Morgan fingerprint density at radius 1 is 1.24 bits per heavy atom. The van der Waals surface area contributed by atoms with Gasteiger partial charge in [0.25, 0.3) is 0 Å². The van der Waals surface area contributed by atoms with Gasteiger partial charge in [-0.1, -0.05) is 13.8 Å². The number of hydrogen-bond donors (Lipinski definition) is 0. The summed E-state index contributed by atoms with van der Waals surface area (Å²) in [6.45, 7) is 7.24. The summed E-state index contributed by atoms with van der Waals surface area (Å²) in [7, 11) is 0. The number of carbonyl (C=O) groups excluding carboxylic acids is 1. The third-order valence-electron chi connectivity index (χ3n) is 7.37. The highest BCUT2D eigenvalue weighted by Crippen LogP contribution is 2.48. The van der Waals surface area contributed by atoms with E-state index in [4.69, 9.17) is 0 Å². The first-order valence-corrected chi connectivity index (χ1v) is 10.8. The molecule has 1 aliphatic carbocycles. The molecule has 29 heavy (non-hydrogen) atoms. The largest absolute Gasteiger partial charge is 0.417 e.